The van der Waals surface area contributed by atoms with Crippen molar-refractivity contribution < 1.29 is 9.84 Å². The fraction of sp³-hybridized carbons (Fsp3) is 0.407. The molecule has 0 amide bonds. The molecule has 7 nitrogen and oxygen atoms in total. The first-order valence-electron chi connectivity index (χ1n) is 12.4. The first kappa shape index (κ1) is 25.0. The van der Waals surface area contributed by atoms with E-state index in [0.717, 1.165) is 73.6 Å². The number of morpholine rings is 1. The number of halogens is 1. The fourth-order valence-electron chi connectivity index (χ4n) is 5.41. The SMILES string of the molecule is Cc1cc(C2C(c3ccccn3)NC(=S)N2CCCN2CCOCC2)c(C)n1-c1cc(Cl)ccc1O. The van der Waals surface area contributed by atoms with Crippen LogP contribution in [0.2, 0.25) is 5.02 Å². The van der Waals surface area contributed by atoms with Gasteiger partial charge in [-0.2, -0.15) is 0 Å². The minimum absolute atomic E-state index is 0.0293. The van der Waals surface area contributed by atoms with E-state index >= 15 is 0 Å². The average molecular weight is 526 g/mol. The summed E-state index contributed by atoms with van der Waals surface area (Å²) in [5.74, 6) is 0.191. The zero-order valence-corrected chi connectivity index (χ0v) is 22.2. The number of benzene rings is 1. The van der Waals surface area contributed by atoms with Crippen molar-refractivity contribution in [1.82, 2.24) is 24.7 Å². The van der Waals surface area contributed by atoms with Gasteiger partial charge < -0.3 is 24.6 Å². The van der Waals surface area contributed by atoms with E-state index in [9.17, 15) is 5.11 Å². The van der Waals surface area contributed by atoms with Gasteiger partial charge in [0.05, 0.1) is 36.7 Å². The normalized spacial score (nSPS) is 20.6. The molecule has 0 saturated carbocycles. The lowest BCUT2D eigenvalue weighted by atomic mass is 9.96. The van der Waals surface area contributed by atoms with Crippen LogP contribution in [0, 0.1) is 13.8 Å². The van der Waals surface area contributed by atoms with Crippen molar-refractivity contribution in [3.8, 4) is 11.4 Å². The Labute approximate surface area is 222 Å². The number of thiocarbonyl (C=S) groups is 1. The second-order valence-corrected chi connectivity index (χ2v) is 10.2. The molecule has 2 aliphatic rings. The van der Waals surface area contributed by atoms with Gasteiger partial charge in [-0.1, -0.05) is 17.7 Å². The van der Waals surface area contributed by atoms with Crippen molar-refractivity contribution in [2.24, 2.45) is 0 Å². The summed E-state index contributed by atoms with van der Waals surface area (Å²) in [4.78, 5) is 9.42. The number of aromatic hydroxyl groups is 1. The van der Waals surface area contributed by atoms with Gasteiger partial charge in [-0.15, -0.1) is 0 Å². The number of ether oxygens (including phenoxy) is 1. The lowest BCUT2D eigenvalue weighted by Gasteiger charge is -2.30. The van der Waals surface area contributed by atoms with Crippen LogP contribution in [0.25, 0.3) is 5.69 Å². The van der Waals surface area contributed by atoms with Crippen molar-refractivity contribution in [2.45, 2.75) is 32.4 Å². The summed E-state index contributed by atoms with van der Waals surface area (Å²) < 4.78 is 7.56. The lowest BCUT2D eigenvalue weighted by Crippen LogP contribution is -2.39. The highest BCUT2D eigenvalue weighted by Gasteiger charge is 2.41. The Kier molecular flexibility index (Phi) is 7.48. The van der Waals surface area contributed by atoms with Crippen LogP contribution < -0.4 is 5.32 Å². The van der Waals surface area contributed by atoms with Gasteiger partial charge >= 0.3 is 0 Å². The first-order chi connectivity index (χ1) is 17.4. The number of hydrogen-bond acceptors (Lipinski definition) is 5. The third kappa shape index (κ3) is 4.95. The Balaban J connectivity index is 1.50. The summed E-state index contributed by atoms with van der Waals surface area (Å²) in [7, 11) is 0. The third-order valence-electron chi connectivity index (χ3n) is 7.14. The minimum atomic E-state index is -0.0796. The molecular weight excluding hydrogens is 494 g/mol. The molecule has 2 aromatic heterocycles. The molecule has 2 fully saturated rings. The van der Waals surface area contributed by atoms with Crippen molar-refractivity contribution in [2.75, 3.05) is 39.4 Å². The zero-order valence-electron chi connectivity index (χ0n) is 20.7. The summed E-state index contributed by atoms with van der Waals surface area (Å²) in [6.07, 6.45) is 2.83. The molecule has 5 rings (SSSR count). The Bertz CT molecular complexity index is 1230. The molecule has 9 heteroatoms. The monoisotopic (exact) mass is 525 g/mol. The molecule has 1 aromatic carbocycles. The Morgan fingerprint density at radius 1 is 1.14 bits per heavy atom. The van der Waals surface area contributed by atoms with Crippen molar-refractivity contribution >= 4 is 28.9 Å². The van der Waals surface area contributed by atoms with E-state index in [4.69, 9.17) is 28.6 Å². The molecule has 2 aliphatic heterocycles. The summed E-state index contributed by atoms with van der Waals surface area (Å²) in [5, 5.41) is 15.5. The molecule has 4 heterocycles. The van der Waals surface area contributed by atoms with Gasteiger partial charge in [0.2, 0.25) is 0 Å². The summed E-state index contributed by atoms with van der Waals surface area (Å²) in [5.41, 5.74) is 4.84. The molecule has 190 valence electrons. The minimum Gasteiger partial charge on any atom is -0.506 e. The predicted octanol–water partition coefficient (Wildman–Crippen LogP) is 4.54. The number of nitrogens with one attached hydrogen (secondary N) is 1. The van der Waals surface area contributed by atoms with E-state index in [2.05, 4.69) is 44.6 Å². The maximum Gasteiger partial charge on any atom is 0.170 e. The summed E-state index contributed by atoms with van der Waals surface area (Å²) in [6.45, 7) is 9.55. The van der Waals surface area contributed by atoms with E-state index in [-0.39, 0.29) is 17.8 Å². The van der Waals surface area contributed by atoms with Gasteiger partial charge in [0.15, 0.2) is 5.11 Å². The predicted molar refractivity (Wildman–Crippen MR) is 146 cm³/mol. The number of hydrogen-bond donors (Lipinski definition) is 2. The smallest absolute Gasteiger partial charge is 0.170 e. The van der Waals surface area contributed by atoms with Crippen LogP contribution in [0.5, 0.6) is 5.75 Å². The van der Waals surface area contributed by atoms with Crippen LogP contribution in [0.4, 0.5) is 0 Å². The molecular formula is C27H32ClN5O2S. The average Bonchev–Trinajstić information content (AvgIpc) is 3.36. The highest BCUT2D eigenvalue weighted by atomic mass is 35.5. The number of pyridine rings is 1. The molecule has 0 aliphatic carbocycles. The number of phenols is 1. The van der Waals surface area contributed by atoms with Gasteiger partial charge in [-0.3, -0.25) is 9.88 Å². The second-order valence-electron chi connectivity index (χ2n) is 9.42. The zero-order chi connectivity index (χ0) is 25.2. The first-order valence-corrected chi connectivity index (χ1v) is 13.2. The Morgan fingerprint density at radius 2 is 1.94 bits per heavy atom. The molecule has 0 bridgehead atoms. The summed E-state index contributed by atoms with van der Waals surface area (Å²) in [6, 6.07) is 13.2. The van der Waals surface area contributed by atoms with Crippen LogP contribution >= 0.6 is 23.8 Å². The largest absolute Gasteiger partial charge is 0.506 e. The van der Waals surface area contributed by atoms with Crippen molar-refractivity contribution in [1.29, 1.82) is 0 Å². The molecule has 2 unspecified atom stereocenters. The van der Waals surface area contributed by atoms with E-state index in [1.54, 1.807) is 18.2 Å². The molecule has 2 atom stereocenters. The second kappa shape index (κ2) is 10.8. The Morgan fingerprint density at radius 3 is 2.69 bits per heavy atom. The van der Waals surface area contributed by atoms with E-state index < -0.39 is 0 Å². The maximum atomic E-state index is 10.6. The molecule has 0 spiro atoms. The standard InChI is InChI=1S/C27H32ClN5O2S/c1-18-16-21(19(2)33(18)23-17-20(28)7-8-24(23)34)26-25(22-6-3-4-9-29-22)30-27(36)32(26)11-5-10-31-12-14-35-15-13-31/h3-4,6-9,16-17,25-26,34H,5,10-15H2,1-2H3,(H,30,36). The van der Waals surface area contributed by atoms with E-state index in [1.807, 2.05) is 24.4 Å². The van der Waals surface area contributed by atoms with E-state index in [0.29, 0.717) is 10.7 Å². The fourth-order valence-corrected chi connectivity index (χ4v) is 5.91. The number of rotatable bonds is 7. The molecule has 2 N–H and O–H groups in total. The quantitative estimate of drug-likeness (QED) is 0.439. The highest BCUT2D eigenvalue weighted by Crippen LogP contribution is 2.42. The van der Waals surface area contributed by atoms with Crippen LogP contribution in [0.3, 0.4) is 0 Å². The highest BCUT2D eigenvalue weighted by molar-refractivity contribution is 7.80. The van der Waals surface area contributed by atoms with Gasteiger partial charge in [-0.25, -0.2) is 0 Å². The number of nitrogens with zero attached hydrogens (tertiary/aromatic N) is 4. The maximum absolute atomic E-state index is 10.6. The number of aromatic nitrogens is 2. The lowest BCUT2D eigenvalue weighted by molar-refractivity contribution is 0.0365. The van der Waals surface area contributed by atoms with Crippen molar-refractivity contribution in [3.63, 3.8) is 0 Å². The Hall–Kier alpha value is -2.65. The van der Waals surface area contributed by atoms with Crippen LogP contribution in [0.15, 0.2) is 48.7 Å². The number of aryl methyl sites for hydroxylation is 1. The van der Waals surface area contributed by atoms with Crippen LogP contribution in [-0.4, -0.2) is 69.0 Å². The molecule has 2 saturated heterocycles. The van der Waals surface area contributed by atoms with E-state index in [1.165, 1.54) is 0 Å². The van der Waals surface area contributed by atoms with Gasteiger partial charge in [0.1, 0.15) is 5.75 Å². The van der Waals surface area contributed by atoms with Crippen LogP contribution in [0.1, 0.15) is 41.1 Å². The van der Waals surface area contributed by atoms with Gasteiger partial charge in [0.25, 0.3) is 0 Å². The van der Waals surface area contributed by atoms with Crippen LogP contribution in [-0.2, 0) is 4.74 Å². The summed E-state index contributed by atoms with van der Waals surface area (Å²) >= 11 is 12.2. The topological polar surface area (TPSA) is 65.8 Å². The molecule has 36 heavy (non-hydrogen) atoms. The molecule has 3 aromatic rings. The number of phenolic OH excluding ortho intramolecular Hbond substituents is 1. The van der Waals surface area contributed by atoms with Gasteiger partial charge in [-0.05, 0) is 74.4 Å². The van der Waals surface area contributed by atoms with Gasteiger partial charge in [0, 0.05) is 48.8 Å². The molecule has 0 radical (unpaired) electrons. The third-order valence-corrected chi connectivity index (χ3v) is 7.73. The van der Waals surface area contributed by atoms with Crippen molar-refractivity contribution in [3.05, 3.63) is 76.3 Å².